The fourth-order valence-electron chi connectivity index (χ4n) is 0.689. The van der Waals surface area contributed by atoms with E-state index in [0.29, 0.717) is 0 Å². The van der Waals surface area contributed by atoms with Crippen LogP contribution in [0.1, 0.15) is 10.5 Å². The van der Waals surface area contributed by atoms with Crippen molar-refractivity contribution in [2.75, 3.05) is 6.61 Å². The van der Waals surface area contributed by atoms with Crippen molar-refractivity contribution in [1.82, 2.24) is 4.98 Å². The Hall–Kier alpha value is -0.358. The summed E-state index contributed by atoms with van der Waals surface area (Å²) < 4.78 is 0.0706. The van der Waals surface area contributed by atoms with Crippen LogP contribution >= 0.6 is 0 Å². The molecule has 1 aromatic rings. The fourth-order valence-corrected chi connectivity index (χ4v) is 0.886. The van der Waals surface area contributed by atoms with E-state index in [9.17, 15) is 0 Å². The predicted molar refractivity (Wildman–Crippen MR) is 39.8 cm³/mol. The summed E-state index contributed by atoms with van der Waals surface area (Å²) in [6.45, 7) is 0.127. The van der Waals surface area contributed by atoms with Gasteiger partial charge in [-0.2, -0.15) is 0 Å². The van der Waals surface area contributed by atoms with Crippen molar-refractivity contribution in [3.05, 3.63) is 30.1 Å². The average Bonchev–Trinajstić information content (AvgIpc) is 2.05. The maximum absolute atomic E-state index is 8.73. The second-order valence-electron chi connectivity index (χ2n) is 2.04. The van der Waals surface area contributed by atoms with Crippen LogP contribution in [0.4, 0.5) is 0 Å². The van der Waals surface area contributed by atoms with E-state index < -0.39 is 0 Å². The Balaban J connectivity index is 2.75. The number of pyridine rings is 1. The Kier molecular flexibility index (Phi) is 2.88. The number of aliphatic hydroxyl groups is 1. The van der Waals surface area contributed by atoms with Crippen molar-refractivity contribution in [2.24, 2.45) is 0 Å². The molecular formula is C7H8AlNO. The van der Waals surface area contributed by atoms with E-state index >= 15 is 0 Å². The van der Waals surface area contributed by atoms with Gasteiger partial charge in [0.15, 0.2) is 0 Å². The third kappa shape index (κ3) is 1.81. The monoisotopic (exact) mass is 149 g/mol. The van der Waals surface area contributed by atoms with Gasteiger partial charge in [0.1, 0.15) is 16.3 Å². The zero-order chi connectivity index (χ0) is 7.40. The zero-order valence-electron chi connectivity index (χ0n) is 5.57. The van der Waals surface area contributed by atoms with Gasteiger partial charge in [-0.05, 0) is 16.9 Å². The highest BCUT2D eigenvalue weighted by Gasteiger charge is 2.00. The lowest BCUT2D eigenvalue weighted by Crippen LogP contribution is -2.04. The van der Waals surface area contributed by atoms with Crippen LogP contribution in [-0.4, -0.2) is 33.0 Å². The van der Waals surface area contributed by atoms with Gasteiger partial charge in [0.05, 0.1) is 0 Å². The molecule has 0 aliphatic heterocycles. The molecule has 3 heteroatoms. The summed E-state index contributed by atoms with van der Waals surface area (Å²) >= 11 is 2.54. The summed E-state index contributed by atoms with van der Waals surface area (Å²) in [4.78, 5) is 4.07. The molecule has 0 saturated carbocycles. The standard InChI is InChI=1S/C7H8NO.Al/c9-6-4-7-3-1-2-5-8-7;/h1-5,9H,6H2;. The summed E-state index contributed by atoms with van der Waals surface area (Å²) in [6, 6.07) is 5.67. The Morgan fingerprint density at radius 1 is 1.60 bits per heavy atom. The first-order valence-corrected chi connectivity index (χ1v) is 3.78. The first kappa shape index (κ1) is 7.75. The van der Waals surface area contributed by atoms with E-state index in [2.05, 4.69) is 21.3 Å². The van der Waals surface area contributed by atoms with E-state index in [1.807, 2.05) is 18.2 Å². The highest BCUT2D eigenvalue weighted by molar-refractivity contribution is 6.12. The Bertz CT molecular complexity index is 190. The zero-order valence-corrected chi connectivity index (χ0v) is 6.72. The molecule has 0 fully saturated rings. The topological polar surface area (TPSA) is 33.1 Å². The van der Waals surface area contributed by atoms with Crippen molar-refractivity contribution >= 4 is 16.3 Å². The van der Waals surface area contributed by atoms with Crippen molar-refractivity contribution < 1.29 is 5.11 Å². The van der Waals surface area contributed by atoms with Crippen LogP contribution < -0.4 is 0 Å². The molecule has 1 aromatic heterocycles. The third-order valence-corrected chi connectivity index (χ3v) is 1.82. The number of hydrogen-bond acceptors (Lipinski definition) is 2. The van der Waals surface area contributed by atoms with Gasteiger partial charge in [-0.3, -0.25) is 4.98 Å². The minimum atomic E-state index is 0.0706. The maximum atomic E-state index is 8.73. The van der Waals surface area contributed by atoms with E-state index in [1.165, 1.54) is 0 Å². The SMILES string of the molecule is OC[CH]([Al])c1ccccn1. The molecule has 2 nitrogen and oxygen atoms in total. The van der Waals surface area contributed by atoms with Crippen LogP contribution in [0.15, 0.2) is 24.4 Å². The van der Waals surface area contributed by atoms with Gasteiger partial charge in [0.25, 0.3) is 0 Å². The molecule has 2 radical (unpaired) electrons. The van der Waals surface area contributed by atoms with Gasteiger partial charge in [-0.25, -0.2) is 0 Å². The molecule has 0 bridgehead atoms. The highest BCUT2D eigenvalue weighted by atomic mass is 27.0. The van der Waals surface area contributed by atoms with Crippen LogP contribution in [0, 0.1) is 0 Å². The van der Waals surface area contributed by atoms with Crippen molar-refractivity contribution in [3.63, 3.8) is 0 Å². The van der Waals surface area contributed by atoms with Gasteiger partial charge < -0.3 is 5.11 Å². The summed E-state index contributed by atoms with van der Waals surface area (Å²) in [5.74, 6) is 0. The van der Waals surface area contributed by atoms with Gasteiger partial charge in [0.2, 0.25) is 0 Å². The lowest BCUT2D eigenvalue weighted by Gasteiger charge is -2.05. The molecule has 1 unspecified atom stereocenters. The van der Waals surface area contributed by atoms with Crippen LogP contribution in [0.2, 0.25) is 0 Å². The number of hydrogen-bond donors (Lipinski definition) is 1. The van der Waals surface area contributed by atoms with Crippen LogP contribution in [0.5, 0.6) is 0 Å². The third-order valence-electron chi connectivity index (χ3n) is 1.26. The molecule has 0 saturated heterocycles. The molecule has 1 rings (SSSR count). The Labute approximate surface area is 68.3 Å². The van der Waals surface area contributed by atoms with Crippen molar-refractivity contribution in [3.8, 4) is 0 Å². The lowest BCUT2D eigenvalue weighted by atomic mass is 10.3. The minimum Gasteiger partial charge on any atom is -0.397 e. The molecule has 1 atom stereocenters. The van der Waals surface area contributed by atoms with Gasteiger partial charge in [0, 0.05) is 18.5 Å². The van der Waals surface area contributed by atoms with E-state index in [-0.39, 0.29) is 11.4 Å². The smallest absolute Gasteiger partial charge is 0.138 e. The largest absolute Gasteiger partial charge is 0.397 e. The number of aromatic nitrogens is 1. The first-order valence-electron chi connectivity index (χ1n) is 3.12. The molecule has 0 aliphatic rings. The number of nitrogens with zero attached hydrogens (tertiary/aromatic N) is 1. The molecule has 0 spiro atoms. The highest BCUT2D eigenvalue weighted by Crippen LogP contribution is 2.05. The molecule has 0 aliphatic carbocycles. The predicted octanol–water partition coefficient (Wildman–Crippen LogP) is 0.284. The lowest BCUT2D eigenvalue weighted by molar-refractivity contribution is 0.292. The quantitative estimate of drug-likeness (QED) is 0.613. The van der Waals surface area contributed by atoms with Crippen LogP contribution in [-0.2, 0) is 0 Å². The van der Waals surface area contributed by atoms with Crippen molar-refractivity contribution in [1.29, 1.82) is 0 Å². The van der Waals surface area contributed by atoms with E-state index in [0.717, 1.165) is 5.69 Å². The second-order valence-corrected chi connectivity index (χ2v) is 2.85. The number of aliphatic hydroxyl groups excluding tert-OH is 1. The summed E-state index contributed by atoms with van der Waals surface area (Å²) in [6.07, 6.45) is 1.72. The minimum absolute atomic E-state index is 0.0706. The normalized spacial score (nSPS) is 12.9. The molecule has 50 valence electrons. The van der Waals surface area contributed by atoms with Gasteiger partial charge >= 0.3 is 0 Å². The molecule has 1 heterocycles. The summed E-state index contributed by atoms with van der Waals surface area (Å²) in [5, 5.41) is 8.73. The molecular weight excluding hydrogens is 141 g/mol. The fraction of sp³-hybridized carbons (Fsp3) is 0.286. The molecule has 10 heavy (non-hydrogen) atoms. The maximum Gasteiger partial charge on any atom is 0.138 e. The molecule has 0 amide bonds. The summed E-state index contributed by atoms with van der Waals surface area (Å²) in [7, 11) is 0. The Morgan fingerprint density at radius 3 is 2.90 bits per heavy atom. The van der Waals surface area contributed by atoms with E-state index in [1.54, 1.807) is 6.20 Å². The Morgan fingerprint density at radius 2 is 2.40 bits per heavy atom. The van der Waals surface area contributed by atoms with Gasteiger partial charge in [-0.15, -0.1) is 0 Å². The molecule has 0 aromatic carbocycles. The van der Waals surface area contributed by atoms with Crippen molar-refractivity contribution in [2.45, 2.75) is 4.78 Å². The summed E-state index contributed by atoms with van der Waals surface area (Å²) in [5.41, 5.74) is 0.912. The second kappa shape index (κ2) is 3.72. The van der Waals surface area contributed by atoms with Gasteiger partial charge in [-0.1, -0.05) is 6.07 Å². The first-order chi connectivity index (χ1) is 4.84. The van der Waals surface area contributed by atoms with Crippen LogP contribution in [0.25, 0.3) is 0 Å². The average molecular weight is 149 g/mol. The number of rotatable bonds is 2. The van der Waals surface area contributed by atoms with Crippen LogP contribution in [0.3, 0.4) is 0 Å². The molecule has 1 N–H and O–H groups in total. The van der Waals surface area contributed by atoms with E-state index in [4.69, 9.17) is 5.11 Å².